The lowest BCUT2D eigenvalue weighted by Gasteiger charge is -2.22. The van der Waals surface area contributed by atoms with Crippen LogP contribution in [-0.4, -0.2) is 43.2 Å². The predicted molar refractivity (Wildman–Crippen MR) is 96.5 cm³/mol. The first-order chi connectivity index (χ1) is 11.7. The molecule has 2 N–H and O–H groups in total. The van der Waals surface area contributed by atoms with Crippen molar-refractivity contribution >= 4 is 5.96 Å². The number of benzene rings is 1. The molecule has 1 aromatic rings. The largest absolute Gasteiger partial charge is 0.390 e. The molecular formula is C18H29F3N4. The lowest BCUT2D eigenvalue weighted by atomic mass is 10.1. The van der Waals surface area contributed by atoms with Gasteiger partial charge in [-0.15, -0.1) is 0 Å². The van der Waals surface area contributed by atoms with E-state index in [-0.39, 0.29) is 6.54 Å². The summed E-state index contributed by atoms with van der Waals surface area (Å²) in [4.78, 5) is 6.66. The molecule has 0 bridgehead atoms. The summed E-state index contributed by atoms with van der Waals surface area (Å²) in [7, 11) is 2.06. The van der Waals surface area contributed by atoms with Crippen molar-refractivity contribution in [2.45, 2.75) is 52.5 Å². The van der Waals surface area contributed by atoms with E-state index in [4.69, 9.17) is 0 Å². The Kier molecular flexibility index (Phi) is 8.75. The molecule has 142 valence electrons. The molecule has 4 nitrogen and oxygen atoms in total. The van der Waals surface area contributed by atoms with Crippen molar-refractivity contribution in [2.24, 2.45) is 4.99 Å². The molecule has 0 aliphatic carbocycles. The SMILES string of the molecule is CCNC(=NCc1ccccc1CN(C)C(C)C)NCCC(F)(F)F. The van der Waals surface area contributed by atoms with Gasteiger partial charge in [0.2, 0.25) is 0 Å². The molecule has 0 unspecified atom stereocenters. The third-order valence-corrected chi connectivity index (χ3v) is 3.87. The van der Waals surface area contributed by atoms with Crippen LogP contribution in [-0.2, 0) is 13.1 Å². The van der Waals surface area contributed by atoms with Crippen LogP contribution in [0.1, 0.15) is 38.3 Å². The lowest BCUT2D eigenvalue weighted by Crippen LogP contribution is -2.38. The number of rotatable bonds is 8. The highest BCUT2D eigenvalue weighted by atomic mass is 19.4. The first kappa shape index (κ1) is 21.3. The minimum Gasteiger partial charge on any atom is -0.357 e. The van der Waals surface area contributed by atoms with Crippen LogP contribution in [0, 0.1) is 0 Å². The average molecular weight is 358 g/mol. The second-order valence-electron chi connectivity index (χ2n) is 6.26. The van der Waals surface area contributed by atoms with Gasteiger partial charge in [-0.25, -0.2) is 4.99 Å². The molecule has 0 saturated carbocycles. The number of halogens is 3. The molecule has 0 fully saturated rings. The van der Waals surface area contributed by atoms with Crippen LogP contribution < -0.4 is 10.6 Å². The monoisotopic (exact) mass is 358 g/mol. The Hall–Kier alpha value is -1.76. The summed E-state index contributed by atoms with van der Waals surface area (Å²) in [6.07, 6.45) is -5.05. The molecule has 1 aromatic carbocycles. The van der Waals surface area contributed by atoms with Crippen molar-refractivity contribution in [2.75, 3.05) is 20.1 Å². The van der Waals surface area contributed by atoms with E-state index in [1.165, 1.54) is 5.56 Å². The van der Waals surface area contributed by atoms with Gasteiger partial charge < -0.3 is 10.6 Å². The van der Waals surface area contributed by atoms with Crippen LogP contribution in [0.5, 0.6) is 0 Å². The van der Waals surface area contributed by atoms with Gasteiger partial charge in [-0.05, 0) is 38.9 Å². The predicted octanol–water partition coefficient (Wildman–Crippen LogP) is 3.53. The van der Waals surface area contributed by atoms with E-state index < -0.39 is 12.6 Å². The van der Waals surface area contributed by atoms with Crippen LogP contribution in [0.15, 0.2) is 29.3 Å². The highest BCUT2D eigenvalue weighted by molar-refractivity contribution is 5.79. The number of hydrogen-bond acceptors (Lipinski definition) is 2. The van der Waals surface area contributed by atoms with Crippen molar-refractivity contribution in [3.8, 4) is 0 Å². The zero-order valence-corrected chi connectivity index (χ0v) is 15.5. The molecule has 25 heavy (non-hydrogen) atoms. The topological polar surface area (TPSA) is 39.7 Å². The Morgan fingerprint density at radius 1 is 1.16 bits per heavy atom. The fourth-order valence-electron chi connectivity index (χ4n) is 2.15. The molecular weight excluding hydrogens is 329 g/mol. The zero-order valence-electron chi connectivity index (χ0n) is 15.5. The Morgan fingerprint density at radius 2 is 1.80 bits per heavy atom. The summed E-state index contributed by atoms with van der Waals surface area (Å²) < 4.78 is 36.8. The van der Waals surface area contributed by atoms with Gasteiger partial charge >= 0.3 is 6.18 Å². The van der Waals surface area contributed by atoms with E-state index in [1.54, 1.807) is 0 Å². The fourth-order valence-corrected chi connectivity index (χ4v) is 2.15. The van der Waals surface area contributed by atoms with Gasteiger partial charge in [-0.3, -0.25) is 4.90 Å². The van der Waals surface area contributed by atoms with E-state index in [2.05, 4.69) is 47.5 Å². The smallest absolute Gasteiger partial charge is 0.357 e. The van der Waals surface area contributed by atoms with E-state index >= 15 is 0 Å². The normalized spacial score (nSPS) is 12.8. The summed E-state index contributed by atoms with van der Waals surface area (Å²) >= 11 is 0. The molecule has 0 atom stereocenters. The van der Waals surface area contributed by atoms with E-state index in [0.29, 0.717) is 25.1 Å². The van der Waals surface area contributed by atoms with Gasteiger partial charge in [0.15, 0.2) is 5.96 Å². The van der Waals surface area contributed by atoms with Gasteiger partial charge in [0.05, 0.1) is 13.0 Å². The molecule has 0 spiro atoms. The highest BCUT2D eigenvalue weighted by Gasteiger charge is 2.26. The third-order valence-electron chi connectivity index (χ3n) is 3.87. The molecule has 0 aromatic heterocycles. The summed E-state index contributed by atoms with van der Waals surface area (Å²) in [6.45, 7) is 7.78. The molecule has 1 rings (SSSR count). The van der Waals surface area contributed by atoms with Crippen LogP contribution in [0.4, 0.5) is 13.2 Å². The van der Waals surface area contributed by atoms with E-state index in [9.17, 15) is 13.2 Å². The number of nitrogens with zero attached hydrogens (tertiary/aromatic N) is 2. The van der Waals surface area contributed by atoms with Gasteiger partial charge in [-0.2, -0.15) is 13.2 Å². The standard InChI is InChI=1S/C18H29F3N4/c1-5-22-17(23-11-10-18(19,20)21)24-12-15-8-6-7-9-16(15)13-25(4)14(2)3/h6-9,14H,5,10-13H2,1-4H3,(H2,22,23,24). The highest BCUT2D eigenvalue weighted by Crippen LogP contribution is 2.18. The van der Waals surface area contributed by atoms with Gasteiger partial charge in [-0.1, -0.05) is 24.3 Å². The minimum atomic E-state index is -4.17. The molecule has 0 heterocycles. The van der Waals surface area contributed by atoms with Crippen molar-refractivity contribution in [3.63, 3.8) is 0 Å². The maximum Gasteiger partial charge on any atom is 0.390 e. The van der Waals surface area contributed by atoms with Gasteiger partial charge in [0.1, 0.15) is 0 Å². The van der Waals surface area contributed by atoms with Crippen molar-refractivity contribution in [3.05, 3.63) is 35.4 Å². The second-order valence-corrected chi connectivity index (χ2v) is 6.26. The molecule has 0 aliphatic heterocycles. The third kappa shape index (κ3) is 8.77. The average Bonchev–Trinajstić information content (AvgIpc) is 2.52. The maximum atomic E-state index is 12.3. The summed E-state index contributed by atoms with van der Waals surface area (Å²) in [6, 6.07) is 8.44. The quantitative estimate of drug-likeness (QED) is 0.552. The molecule has 0 aliphatic rings. The number of alkyl halides is 3. The lowest BCUT2D eigenvalue weighted by molar-refractivity contribution is -0.132. The Morgan fingerprint density at radius 3 is 2.36 bits per heavy atom. The molecule has 0 radical (unpaired) electrons. The number of guanidine groups is 1. The van der Waals surface area contributed by atoms with Crippen molar-refractivity contribution in [1.82, 2.24) is 15.5 Å². The maximum absolute atomic E-state index is 12.3. The minimum absolute atomic E-state index is 0.187. The number of hydrogen-bond donors (Lipinski definition) is 2. The van der Waals surface area contributed by atoms with Crippen molar-refractivity contribution in [1.29, 1.82) is 0 Å². The van der Waals surface area contributed by atoms with Crippen LogP contribution in [0.25, 0.3) is 0 Å². The summed E-state index contributed by atoms with van der Waals surface area (Å²) in [5, 5.41) is 5.71. The first-order valence-electron chi connectivity index (χ1n) is 8.59. The number of nitrogens with one attached hydrogen (secondary N) is 2. The van der Waals surface area contributed by atoms with Crippen LogP contribution in [0.2, 0.25) is 0 Å². The summed E-state index contributed by atoms with van der Waals surface area (Å²) in [5.74, 6) is 0.402. The van der Waals surface area contributed by atoms with Gasteiger partial charge in [0.25, 0.3) is 0 Å². The Labute approximate surface area is 148 Å². The molecule has 0 saturated heterocycles. The van der Waals surface area contributed by atoms with Crippen molar-refractivity contribution < 1.29 is 13.2 Å². The van der Waals surface area contributed by atoms with Crippen LogP contribution >= 0.6 is 0 Å². The molecule has 7 heteroatoms. The van der Waals surface area contributed by atoms with E-state index in [1.807, 2.05) is 25.1 Å². The zero-order chi connectivity index (χ0) is 18.9. The number of aliphatic imine (C=N–C) groups is 1. The van der Waals surface area contributed by atoms with E-state index in [0.717, 1.165) is 12.1 Å². The van der Waals surface area contributed by atoms with Gasteiger partial charge in [0, 0.05) is 25.7 Å². The Bertz CT molecular complexity index is 541. The Balaban J connectivity index is 2.75. The summed E-state index contributed by atoms with van der Waals surface area (Å²) in [5.41, 5.74) is 2.25. The fraction of sp³-hybridized carbons (Fsp3) is 0.611. The first-order valence-corrected chi connectivity index (χ1v) is 8.59. The van der Waals surface area contributed by atoms with Crippen LogP contribution in [0.3, 0.4) is 0 Å². The molecule has 0 amide bonds. The second kappa shape index (κ2) is 10.3.